The lowest BCUT2D eigenvalue weighted by Gasteiger charge is -2.10. The number of methoxy groups -OCH3 is 1. The van der Waals surface area contributed by atoms with Crippen LogP contribution in [0, 0.1) is 0 Å². The number of nitrogens with one attached hydrogen (secondary N) is 2. The van der Waals surface area contributed by atoms with Crippen molar-refractivity contribution in [3.63, 3.8) is 0 Å². The third-order valence-corrected chi connectivity index (χ3v) is 4.26. The number of amides is 1. The van der Waals surface area contributed by atoms with Gasteiger partial charge in [-0.25, -0.2) is 0 Å². The van der Waals surface area contributed by atoms with Gasteiger partial charge in [0.05, 0.1) is 18.7 Å². The van der Waals surface area contributed by atoms with Crippen LogP contribution in [-0.4, -0.2) is 24.1 Å². The maximum Gasteiger partial charge on any atom is 0.251 e. The first-order valence-corrected chi connectivity index (χ1v) is 9.21. The van der Waals surface area contributed by atoms with E-state index in [0.29, 0.717) is 28.9 Å². The summed E-state index contributed by atoms with van der Waals surface area (Å²) in [5.41, 5.74) is 1.79. The largest absolute Gasteiger partial charge is 0.497 e. The van der Waals surface area contributed by atoms with Crippen LogP contribution in [0.4, 0.5) is 5.69 Å². The second kappa shape index (κ2) is 8.61. The van der Waals surface area contributed by atoms with Gasteiger partial charge in [0.15, 0.2) is 0 Å². The van der Waals surface area contributed by atoms with Gasteiger partial charge in [-0.05, 0) is 68.1 Å². The lowest BCUT2D eigenvalue weighted by atomic mass is 10.1. The zero-order valence-electron chi connectivity index (χ0n) is 16.2. The molecule has 0 aliphatic rings. The number of hydrogen-bond acceptors (Lipinski definition) is 4. The van der Waals surface area contributed by atoms with Crippen LogP contribution in [0.25, 0.3) is 10.9 Å². The molecule has 28 heavy (non-hydrogen) atoms. The normalized spacial score (nSPS) is 10.9. The van der Waals surface area contributed by atoms with E-state index in [0.717, 1.165) is 11.1 Å². The summed E-state index contributed by atoms with van der Waals surface area (Å²) in [6, 6.07) is 14.5. The minimum atomic E-state index is -0.191. The van der Waals surface area contributed by atoms with Gasteiger partial charge in [0, 0.05) is 23.7 Å². The van der Waals surface area contributed by atoms with Crippen LogP contribution >= 0.6 is 0 Å². The number of aryl methyl sites for hydroxylation is 1. The number of H-pyrrole nitrogens is 1. The summed E-state index contributed by atoms with van der Waals surface area (Å²) in [6.45, 7) is 3.92. The van der Waals surface area contributed by atoms with Gasteiger partial charge in [-0.3, -0.25) is 9.59 Å². The number of carbonyl (C=O) groups excluding carboxylic acids is 1. The number of carbonyl (C=O) groups is 1. The molecule has 0 spiro atoms. The highest BCUT2D eigenvalue weighted by molar-refractivity contribution is 5.91. The summed E-state index contributed by atoms with van der Waals surface area (Å²) >= 11 is 0. The SMILES string of the molecule is COc1ccc2cc(CCC(=O)Nc3ccc(OC(C)C)cc3)c(=O)[nH]c2c1. The molecule has 0 saturated heterocycles. The molecule has 0 atom stereocenters. The number of ether oxygens (including phenoxy) is 2. The average molecular weight is 380 g/mol. The van der Waals surface area contributed by atoms with E-state index >= 15 is 0 Å². The maximum atomic E-state index is 12.3. The molecule has 6 heteroatoms. The second-order valence-corrected chi connectivity index (χ2v) is 6.82. The van der Waals surface area contributed by atoms with Crippen LogP contribution < -0.4 is 20.3 Å². The summed E-state index contributed by atoms with van der Waals surface area (Å²) < 4.78 is 10.8. The molecule has 0 fully saturated rings. The Bertz CT molecular complexity index is 1020. The van der Waals surface area contributed by atoms with E-state index in [1.807, 2.05) is 44.2 Å². The van der Waals surface area contributed by atoms with Gasteiger partial charge in [-0.1, -0.05) is 0 Å². The number of benzene rings is 2. The first-order valence-electron chi connectivity index (χ1n) is 9.21. The molecule has 0 radical (unpaired) electrons. The number of aromatic amines is 1. The number of hydrogen-bond donors (Lipinski definition) is 2. The molecule has 1 amide bonds. The minimum absolute atomic E-state index is 0.0987. The van der Waals surface area contributed by atoms with Crippen molar-refractivity contribution in [2.75, 3.05) is 12.4 Å². The Morgan fingerprint density at radius 2 is 1.79 bits per heavy atom. The summed E-state index contributed by atoms with van der Waals surface area (Å²) in [5, 5.41) is 3.74. The highest BCUT2D eigenvalue weighted by Gasteiger charge is 2.08. The number of aromatic nitrogens is 1. The summed E-state index contributed by atoms with van der Waals surface area (Å²) in [6.07, 6.45) is 0.675. The van der Waals surface area contributed by atoms with E-state index in [1.165, 1.54) is 0 Å². The van der Waals surface area contributed by atoms with Crippen LogP contribution in [0.2, 0.25) is 0 Å². The van der Waals surface area contributed by atoms with Gasteiger partial charge < -0.3 is 19.8 Å². The van der Waals surface area contributed by atoms with Crippen LogP contribution in [-0.2, 0) is 11.2 Å². The van der Waals surface area contributed by atoms with Crippen molar-refractivity contribution >= 4 is 22.5 Å². The fraction of sp³-hybridized carbons (Fsp3) is 0.273. The Balaban J connectivity index is 1.62. The van der Waals surface area contributed by atoms with Gasteiger partial charge in [-0.2, -0.15) is 0 Å². The van der Waals surface area contributed by atoms with Crippen molar-refractivity contribution in [3.8, 4) is 11.5 Å². The standard InChI is InChI=1S/C22H24N2O4/c1-14(2)28-18-9-6-17(7-10-18)23-21(25)11-5-16-12-15-4-8-19(27-3)13-20(15)24-22(16)26/h4,6-10,12-14H,5,11H2,1-3H3,(H,23,25)(H,24,26). The maximum absolute atomic E-state index is 12.3. The molecule has 0 saturated carbocycles. The Morgan fingerprint density at radius 1 is 1.07 bits per heavy atom. The van der Waals surface area contributed by atoms with Gasteiger partial charge in [0.2, 0.25) is 5.91 Å². The molecule has 0 bridgehead atoms. The molecule has 0 unspecified atom stereocenters. The zero-order chi connectivity index (χ0) is 20.1. The molecule has 0 aliphatic carbocycles. The van der Waals surface area contributed by atoms with Crippen LogP contribution in [0.3, 0.4) is 0 Å². The first-order chi connectivity index (χ1) is 13.4. The van der Waals surface area contributed by atoms with E-state index < -0.39 is 0 Å². The molecule has 2 aromatic carbocycles. The highest BCUT2D eigenvalue weighted by Crippen LogP contribution is 2.19. The molecule has 1 aromatic heterocycles. The third kappa shape index (κ3) is 4.91. The van der Waals surface area contributed by atoms with Gasteiger partial charge in [-0.15, -0.1) is 0 Å². The quantitative estimate of drug-likeness (QED) is 0.652. The third-order valence-electron chi connectivity index (χ3n) is 4.26. The van der Waals surface area contributed by atoms with Crippen LogP contribution in [0.1, 0.15) is 25.8 Å². The molecular formula is C22H24N2O4. The van der Waals surface area contributed by atoms with Gasteiger partial charge in [0.25, 0.3) is 5.56 Å². The Morgan fingerprint density at radius 3 is 2.46 bits per heavy atom. The smallest absolute Gasteiger partial charge is 0.251 e. The molecule has 146 valence electrons. The van der Waals surface area contributed by atoms with Crippen molar-refractivity contribution in [2.24, 2.45) is 0 Å². The van der Waals surface area contributed by atoms with Crippen molar-refractivity contribution < 1.29 is 14.3 Å². The number of rotatable bonds is 7. The Hall–Kier alpha value is -3.28. The monoisotopic (exact) mass is 380 g/mol. The molecule has 1 heterocycles. The second-order valence-electron chi connectivity index (χ2n) is 6.82. The topological polar surface area (TPSA) is 80.4 Å². The predicted octanol–water partition coefficient (Wildman–Crippen LogP) is 3.90. The first kappa shape index (κ1) is 19.5. The predicted molar refractivity (Wildman–Crippen MR) is 110 cm³/mol. The fourth-order valence-corrected chi connectivity index (χ4v) is 2.90. The van der Waals surface area contributed by atoms with E-state index in [1.54, 1.807) is 25.3 Å². The van der Waals surface area contributed by atoms with Crippen LogP contribution in [0.15, 0.2) is 53.3 Å². The summed E-state index contributed by atoms with van der Waals surface area (Å²) in [7, 11) is 1.58. The molecule has 6 nitrogen and oxygen atoms in total. The highest BCUT2D eigenvalue weighted by atomic mass is 16.5. The van der Waals surface area contributed by atoms with Crippen LogP contribution in [0.5, 0.6) is 11.5 Å². The summed E-state index contributed by atoms with van der Waals surface area (Å²) in [5.74, 6) is 1.29. The Kier molecular flexibility index (Phi) is 5.99. The average Bonchev–Trinajstić information content (AvgIpc) is 2.67. The van der Waals surface area contributed by atoms with E-state index in [9.17, 15) is 9.59 Å². The van der Waals surface area contributed by atoms with Crippen molar-refractivity contribution in [2.45, 2.75) is 32.8 Å². The Labute approximate surface area is 163 Å². The van der Waals surface area contributed by atoms with Crippen molar-refractivity contribution in [1.29, 1.82) is 0 Å². The molecule has 2 N–H and O–H groups in total. The van der Waals surface area contributed by atoms with Crippen molar-refractivity contribution in [1.82, 2.24) is 4.98 Å². The van der Waals surface area contributed by atoms with E-state index in [2.05, 4.69) is 10.3 Å². The number of anilines is 1. The molecule has 3 rings (SSSR count). The number of pyridine rings is 1. The molecular weight excluding hydrogens is 356 g/mol. The van der Waals surface area contributed by atoms with E-state index in [-0.39, 0.29) is 24.0 Å². The van der Waals surface area contributed by atoms with E-state index in [4.69, 9.17) is 9.47 Å². The number of fused-ring (bicyclic) bond motifs is 1. The van der Waals surface area contributed by atoms with Gasteiger partial charge >= 0.3 is 0 Å². The zero-order valence-corrected chi connectivity index (χ0v) is 16.2. The van der Waals surface area contributed by atoms with Gasteiger partial charge in [0.1, 0.15) is 11.5 Å². The summed E-state index contributed by atoms with van der Waals surface area (Å²) in [4.78, 5) is 27.4. The lowest BCUT2D eigenvalue weighted by molar-refractivity contribution is -0.116. The molecule has 3 aromatic rings. The fourth-order valence-electron chi connectivity index (χ4n) is 2.90. The minimum Gasteiger partial charge on any atom is -0.497 e. The molecule has 0 aliphatic heterocycles. The lowest BCUT2D eigenvalue weighted by Crippen LogP contribution is -2.17. The van der Waals surface area contributed by atoms with Crippen molar-refractivity contribution in [3.05, 3.63) is 64.4 Å².